The number of esters is 2. The Kier molecular flexibility index (Phi) is 14.6. The molecule has 1 aliphatic carbocycles. The highest BCUT2D eigenvalue weighted by atomic mass is 16.5. The molecule has 6 aromatic carbocycles. The van der Waals surface area contributed by atoms with Gasteiger partial charge in [0.15, 0.2) is 11.6 Å². The molecule has 60 heavy (non-hydrogen) atoms. The first-order valence-corrected chi connectivity index (χ1v) is 20.6. The van der Waals surface area contributed by atoms with E-state index >= 15 is 0 Å². The van der Waals surface area contributed by atoms with Crippen LogP contribution in [-0.2, 0) is 45.2 Å². The molecule has 6 aromatic rings. The normalized spacial score (nSPS) is 17.1. The van der Waals surface area contributed by atoms with Crippen LogP contribution in [0.4, 0.5) is 0 Å². The SMILES string of the molecule is O=C(OCCN(Cc1ccccc1)Cc1ccccc1)C1C(C(=O)c2ccccc2)C(C(=O)OCCN(Cc2ccccc2)Cc2ccccc2)C1C(=O)c1ccccc1. The Labute approximate surface area is 352 Å². The fourth-order valence-corrected chi connectivity index (χ4v) is 8.11. The molecule has 0 unspecified atom stereocenters. The van der Waals surface area contributed by atoms with Gasteiger partial charge in [-0.15, -0.1) is 0 Å². The Balaban J connectivity index is 1.11. The van der Waals surface area contributed by atoms with Gasteiger partial charge in [0, 0.05) is 50.4 Å². The second-order valence-electron chi connectivity index (χ2n) is 15.3. The van der Waals surface area contributed by atoms with Crippen molar-refractivity contribution in [2.24, 2.45) is 23.7 Å². The van der Waals surface area contributed by atoms with Crippen LogP contribution >= 0.6 is 0 Å². The number of hydrogen-bond donors (Lipinski definition) is 0. The standard InChI is InChI=1S/C52H50N2O6/c55-49(43-27-15-5-16-28-43)45-47(51(57)59-33-31-53(35-39-19-7-1-8-20-39)36-40-21-9-2-10-22-40)46(50(56)44-29-17-6-18-30-44)48(45)52(58)60-34-32-54(37-41-23-11-3-12-24-41)38-42-25-13-4-14-26-42/h1-30,45-48H,31-38H2. The predicted octanol–water partition coefficient (Wildman–Crippen LogP) is 8.72. The summed E-state index contributed by atoms with van der Waals surface area (Å²) in [4.78, 5) is 61.8. The van der Waals surface area contributed by atoms with Gasteiger partial charge in [-0.25, -0.2) is 0 Å². The minimum absolute atomic E-state index is 0.0290. The molecule has 0 atom stereocenters. The molecule has 1 saturated carbocycles. The van der Waals surface area contributed by atoms with Crippen LogP contribution in [0.5, 0.6) is 0 Å². The summed E-state index contributed by atoms with van der Waals surface area (Å²) in [5.41, 5.74) is 5.15. The van der Waals surface area contributed by atoms with Gasteiger partial charge in [-0.3, -0.25) is 29.0 Å². The summed E-state index contributed by atoms with van der Waals surface area (Å²) in [6.45, 7) is 3.38. The third kappa shape index (κ3) is 11.0. The van der Waals surface area contributed by atoms with Crippen LogP contribution in [0.2, 0.25) is 0 Å². The number of nitrogens with zero attached hydrogens (tertiary/aromatic N) is 2. The highest BCUT2D eigenvalue weighted by Crippen LogP contribution is 2.50. The van der Waals surface area contributed by atoms with Gasteiger partial charge in [-0.1, -0.05) is 182 Å². The lowest BCUT2D eigenvalue weighted by atomic mass is 9.52. The second-order valence-corrected chi connectivity index (χ2v) is 15.3. The topological polar surface area (TPSA) is 93.2 Å². The van der Waals surface area contributed by atoms with Gasteiger partial charge in [0.1, 0.15) is 13.2 Å². The lowest BCUT2D eigenvalue weighted by Crippen LogP contribution is -2.60. The summed E-state index contributed by atoms with van der Waals surface area (Å²) in [5.74, 6) is -6.85. The van der Waals surface area contributed by atoms with Crippen molar-refractivity contribution in [2.45, 2.75) is 26.2 Å². The predicted molar refractivity (Wildman–Crippen MR) is 231 cm³/mol. The molecule has 0 aromatic heterocycles. The molecule has 7 rings (SSSR count). The Morgan fingerprint density at radius 2 is 0.600 bits per heavy atom. The molecule has 0 amide bonds. The van der Waals surface area contributed by atoms with Crippen LogP contribution in [0.15, 0.2) is 182 Å². The highest BCUT2D eigenvalue weighted by molar-refractivity contribution is 6.10. The van der Waals surface area contributed by atoms with Crippen molar-refractivity contribution in [3.8, 4) is 0 Å². The third-order valence-electron chi connectivity index (χ3n) is 11.1. The fraction of sp³-hybridized carbons (Fsp3) is 0.231. The van der Waals surface area contributed by atoms with Gasteiger partial charge >= 0.3 is 11.9 Å². The summed E-state index contributed by atoms with van der Waals surface area (Å²) in [7, 11) is 0. The van der Waals surface area contributed by atoms with E-state index in [0.29, 0.717) is 50.4 Å². The number of Topliss-reactive ketones (excluding diaryl/α,β-unsaturated/α-hetero) is 2. The van der Waals surface area contributed by atoms with Gasteiger partial charge in [-0.05, 0) is 22.3 Å². The van der Waals surface area contributed by atoms with Crippen LogP contribution in [0, 0.1) is 23.7 Å². The summed E-state index contributed by atoms with van der Waals surface area (Å²) in [5, 5.41) is 0. The summed E-state index contributed by atoms with van der Waals surface area (Å²) in [6.07, 6.45) is 0. The Hall–Kier alpha value is -6.48. The largest absolute Gasteiger partial charge is 0.464 e. The molecule has 8 nitrogen and oxygen atoms in total. The molecule has 8 heteroatoms. The van der Waals surface area contributed by atoms with E-state index in [-0.39, 0.29) is 13.2 Å². The van der Waals surface area contributed by atoms with Crippen molar-refractivity contribution >= 4 is 23.5 Å². The van der Waals surface area contributed by atoms with Crippen molar-refractivity contribution in [3.63, 3.8) is 0 Å². The van der Waals surface area contributed by atoms with Crippen molar-refractivity contribution in [3.05, 3.63) is 215 Å². The van der Waals surface area contributed by atoms with E-state index in [1.54, 1.807) is 60.7 Å². The maximum atomic E-state index is 14.4. The number of carbonyl (C=O) groups is 4. The number of ether oxygens (including phenoxy) is 2. The number of hydrogen-bond acceptors (Lipinski definition) is 8. The maximum Gasteiger partial charge on any atom is 0.310 e. The Bertz CT molecular complexity index is 2020. The number of rotatable bonds is 20. The Morgan fingerprint density at radius 1 is 0.350 bits per heavy atom. The Morgan fingerprint density at radius 3 is 0.867 bits per heavy atom. The minimum atomic E-state index is -1.19. The first kappa shape index (κ1) is 41.7. The summed E-state index contributed by atoms with van der Waals surface area (Å²) >= 11 is 0. The molecule has 0 N–H and O–H groups in total. The van der Waals surface area contributed by atoms with E-state index in [4.69, 9.17) is 9.47 Å². The molecule has 0 radical (unpaired) electrons. The number of carbonyl (C=O) groups excluding carboxylic acids is 4. The highest BCUT2D eigenvalue weighted by Gasteiger charge is 2.64. The van der Waals surface area contributed by atoms with Crippen molar-refractivity contribution < 1.29 is 28.7 Å². The average molecular weight is 799 g/mol. The first-order valence-electron chi connectivity index (χ1n) is 20.6. The minimum Gasteiger partial charge on any atom is -0.464 e. The van der Waals surface area contributed by atoms with Gasteiger partial charge < -0.3 is 9.47 Å². The molecule has 0 heterocycles. The molecule has 0 saturated heterocycles. The fourth-order valence-electron chi connectivity index (χ4n) is 8.11. The van der Waals surface area contributed by atoms with Crippen molar-refractivity contribution in [1.82, 2.24) is 9.80 Å². The van der Waals surface area contributed by atoms with Crippen LogP contribution in [0.1, 0.15) is 43.0 Å². The van der Waals surface area contributed by atoms with Crippen LogP contribution < -0.4 is 0 Å². The lowest BCUT2D eigenvalue weighted by molar-refractivity contribution is -0.172. The van der Waals surface area contributed by atoms with E-state index in [2.05, 4.69) is 58.3 Å². The van der Waals surface area contributed by atoms with Gasteiger partial charge in [0.05, 0.1) is 23.7 Å². The zero-order chi connectivity index (χ0) is 41.5. The molecule has 1 aliphatic rings. The van der Waals surface area contributed by atoms with Gasteiger partial charge in [0.2, 0.25) is 0 Å². The molecule has 0 aliphatic heterocycles. The van der Waals surface area contributed by atoms with Gasteiger partial charge in [0.25, 0.3) is 0 Å². The summed E-state index contributed by atoms with van der Waals surface area (Å²) < 4.78 is 12.0. The monoisotopic (exact) mass is 798 g/mol. The molecule has 304 valence electrons. The zero-order valence-electron chi connectivity index (χ0n) is 33.6. The van der Waals surface area contributed by atoms with Gasteiger partial charge in [-0.2, -0.15) is 0 Å². The van der Waals surface area contributed by atoms with E-state index in [1.807, 2.05) is 72.8 Å². The van der Waals surface area contributed by atoms with E-state index in [9.17, 15) is 19.2 Å². The molecule has 1 fully saturated rings. The smallest absolute Gasteiger partial charge is 0.310 e. The van der Waals surface area contributed by atoms with Crippen LogP contribution in [0.25, 0.3) is 0 Å². The molecule has 0 spiro atoms. The van der Waals surface area contributed by atoms with E-state index < -0.39 is 47.2 Å². The quantitative estimate of drug-likeness (QED) is 0.0560. The number of benzene rings is 6. The average Bonchev–Trinajstić information content (AvgIpc) is 3.28. The van der Waals surface area contributed by atoms with E-state index in [1.165, 1.54) is 0 Å². The zero-order valence-corrected chi connectivity index (χ0v) is 33.6. The molecule has 0 bridgehead atoms. The van der Waals surface area contributed by atoms with Crippen LogP contribution in [0.3, 0.4) is 0 Å². The maximum absolute atomic E-state index is 14.4. The van der Waals surface area contributed by atoms with Crippen molar-refractivity contribution in [1.29, 1.82) is 0 Å². The third-order valence-corrected chi connectivity index (χ3v) is 11.1. The van der Waals surface area contributed by atoms with Crippen molar-refractivity contribution in [2.75, 3.05) is 26.3 Å². The molecular weight excluding hydrogens is 749 g/mol. The van der Waals surface area contributed by atoms with E-state index in [0.717, 1.165) is 22.3 Å². The lowest BCUT2D eigenvalue weighted by Gasteiger charge is -2.47. The second kappa shape index (κ2) is 21.0. The summed E-state index contributed by atoms with van der Waals surface area (Å²) in [6, 6.07) is 57.5. The number of ketones is 2. The first-order chi connectivity index (χ1) is 29.4. The molecular formula is C52H50N2O6. The van der Waals surface area contributed by atoms with Crippen LogP contribution in [-0.4, -0.2) is 59.6 Å².